The fourth-order valence-corrected chi connectivity index (χ4v) is 4.39. The van der Waals surface area contributed by atoms with Crippen LogP contribution in [0.4, 0.5) is 0 Å². The molecule has 28 heavy (non-hydrogen) atoms. The molecule has 0 aliphatic rings. The van der Waals surface area contributed by atoms with Gasteiger partial charge in [-0.05, 0) is 42.1 Å². The summed E-state index contributed by atoms with van der Waals surface area (Å²) in [4.78, 5) is 30.0. The molecule has 0 saturated carbocycles. The van der Waals surface area contributed by atoms with E-state index in [4.69, 9.17) is 4.42 Å². The number of hydrogen-bond donors (Lipinski definition) is 1. The zero-order valence-corrected chi connectivity index (χ0v) is 16.7. The second-order valence-electron chi connectivity index (χ2n) is 6.10. The number of carbonyl (C=O) groups excluding carboxylic acids is 1. The lowest BCUT2D eigenvalue weighted by Crippen LogP contribution is -2.26. The fraction of sp³-hybridized carbons (Fsp3) is 0.150. The van der Waals surface area contributed by atoms with Crippen LogP contribution in [0, 0.1) is 6.92 Å². The summed E-state index contributed by atoms with van der Waals surface area (Å²) in [5, 5.41) is 5.16. The van der Waals surface area contributed by atoms with Gasteiger partial charge in [0, 0.05) is 0 Å². The lowest BCUT2D eigenvalue weighted by Gasteiger charge is -2.14. The van der Waals surface area contributed by atoms with Crippen molar-refractivity contribution in [1.29, 1.82) is 0 Å². The molecular formula is C20H17N3O3S2. The molecule has 0 bridgehead atoms. The van der Waals surface area contributed by atoms with Gasteiger partial charge in [-0.15, -0.1) is 11.3 Å². The average Bonchev–Trinajstić information content (AvgIpc) is 3.37. The van der Waals surface area contributed by atoms with Crippen molar-refractivity contribution < 1.29 is 9.21 Å². The molecule has 6 nitrogen and oxygen atoms in total. The molecule has 142 valence electrons. The summed E-state index contributed by atoms with van der Waals surface area (Å²) >= 11 is 2.62. The highest BCUT2D eigenvalue weighted by atomic mass is 32.2. The summed E-state index contributed by atoms with van der Waals surface area (Å²) in [7, 11) is 0. The van der Waals surface area contributed by atoms with Crippen molar-refractivity contribution in [3.63, 3.8) is 0 Å². The summed E-state index contributed by atoms with van der Waals surface area (Å²) in [5.74, 6) is 0.680. The van der Waals surface area contributed by atoms with Gasteiger partial charge in [0.15, 0.2) is 5.16 Å². The molecule has 0 spiro atoms. The lowest BCUT2D eigenvalue weighted by atomic mass is 10.2. The van der Waals surface area contributed by atoms with Gasteiger partial charge in [-0.25, -0.2) is 4.98 Å². The van der Waals surface area contributed by atoms with Gasteiger partial charge >= 0.3 is 0 Å². The average molecular weight is 412 g/mol. The number of aryl methyl sites for hydroxylation is 1. The number of hydrogen-bond acceptors (Lipinski definition) is 6. The first-order chi connectivity index (χ1) is 13.6. The van der Waals surface area contributed by atoms with E-state index in [0.29, 0.717) is 27.7 Å². The molecule has 0 fully saturated rings. The first kappa shape index (κ1) is 18.5. The Bertz CT molecular complexity index is 1180. The van der Waals surface area contributed by atoms with Crippen LogP contribution in [0.25, 0.3) is 15.9 Å². The first-order valence-corrected chi connectivity index (χ1v) is 10.5. The van der Waals surface area contributed by atoms with Crippen molar-refractivity contribution in [1.82, 2.24) is 14.9 Å². The van der Waals surface area contributed by atoms with E-state index in [2.05, 4.69) is 10.3 Å². The van der Waals surface area contributed by atoms with Crippen molar-refractivity contribution in [2.75, 3.05) is 5.75 Å². The second-order valence-corrected chi connectivity index (χ2v) is 7.96. The van der Waals surface area contributed by atoms with Crippen LogP contribution in [-0.2, 0) is 11.3 Å². The number of rotatable bonds is 6. The number of nitrogens with zero attached hydrogens (tertiary/aromatic N) is 2. The Labute approximate surface area is 169 Å². The summed E-state index contributed by atoms with van der Waals surface area (Å²) in [6, 6.07) is 13.1. The van der Waals surface area contributed by atoms with Crippen molar-refractivity contribution >= 4 is 39.2 Å². The lowest BCUT2D eigenvalue weighted by molar-refractivity contribution is -0.118. The normalized spacial score (nSPS) is 11.0. The topological polar surface area (TPSA) is 77.1 Å². The Balaban J connectivity index is 1.62. The van der Waals surface area contributed by atoms with E-state index >= 15 is 0 Å². The molecule has 0 aliphatic heterocycles. The summed E-state index contributed by atoms with van der Waals surface area (Å²) < 4.78 is 7.42. The predicted octanol–water partition coefficient (Wildman–Crippen LogP) is 3.76. The third-order valence-corrected chi connectivity index (χ3v) is 6.01. The Kier molecular flexibility index (Phi) is 5.31. The van der Waals surface area contributed by atoms with E-state index in [9.17, 15) is 9.59 Å². The van der Waals surface area contributed by atoms with E-state index in [1.54, 1.807) is 23.0 Å². The number of benzene rings is 1. The van der Waals surface area contributed by atoms with Crippen LogP contribution in [0.3, 0.4) is 0 Å². The number of amides is 1. The minimum absolute atomic E-state index is 0.118. The van der Waals surface area contributed by atoms with Gasteiger partial charge in [0.25, 0.3) is 5.56 Å². The van der Waals surface area contributed by atoms with E-state index < -0.39 is 0 Å². The van der Waals surface area contributed by atoms with E-state index in [1.165, 1.54) is 23.1 Å². The SMILES string of the molecule is Cc1ccccc1-n1c(SCC(=O)NCc2ccco2)nc2ccsc2c1=O. The van der Waals surface area contributed by atoms with Crippen molar-refractivity contribution in [3.8, 4) is 5.69 Å². The highest BCUT2D eigenvalue weighted by molar-refractivity contribution is 7.99. The molecule has 0 unspecified atom stereocenters. The van der Waals surface area contributed by atoms with Crippen LogP contribution < -0.4 is 10.9 Å². The summed E-state index contributed by atoms with van der Waals surface area (Å²) in [6.45, 7) is 2.28. The van der Waals surface area contributed by atoms with E-state index in [0.717, 1.165) is 11.3 Å². The van der Waals surface area contributed by atoms with E-state index in [1.807, 2.05) is 42.6 Å². The maximum atomic E-state index is 13.1. The number of para-hydroxylation sites is 1. The highest BCUT2D eigenvalue weighted by Gasteiger charge is 2.16. The molecule has 4 aromatic rings. The molecule has 8 heteroatoms. The van der Waals surface area contributed by atoms with Gasteiger partial charge in [-0.2, -0.15) is 0 Å². The number of nitrogens with one attached hydrogen (secondary N) is 1. The van der Waals surface area contributed by atoms with Gasteiger partial charge in [-0.3, -0.25) is 14.2 Å². The number of thioether (sulfide) groups is 1. The molecular weight excluding hydrogens is 394 g/mol. The molecule has 0 aliphatic carbocycles. The minimum Gasteiger partial charge on any atom is -0.467 e. The van der Waals surface area contributed by atoms with Gasteiger partial charge in [0.05, 0.1) is 29.8 Å². The molecule has 1 amide bonds. The van der Waals surface area contributed by atoms with Crippen LogP contribution in [-0.4, -0.2) is 21.2 Å². The number of carbonyl (C=O) groups is 1. The van der Waals surface area contributed by atoms with Crippen LogP contribution in [0.1, 0.15) is 11.3 Å². The van der Waals surface area contributed by atoms with Gasteiger partial charge < -0.3 is 9.73 Å². The predicted molar refractivity (Wildman–Crippen MR) is 111 cm³/mol. The molecule has 1 aromatic carbocycles. The van der Waals surface area contributed by atoms with Crippen LogP contribution in [0.15, 0.2) is 68.5 Å². The molecule has 3 heterocycles. The van der Waals surface area contributed by atoms with Crippen molar-refractivity contribution in [2.45, 2.75) is 18.6 Å². The number of aromatic nitrogens is 2. The quantitative estimate of drug-likeness (QED) is 0.386. The maximum absolute atomic E-state index is 13.1. The molecule has 1 N–H and O–H groups in total. The smallest absolute Gasteiger partial charge is 0.276 e. The Morgan fingerprint density at radius 2 is 2.11 bits per heavy atom. The zero-order valence-electron chi connectivity index (χ0n) is 15.0. The van der Waals surface area contributed by atoms with Gasteiger partial charge in [0.1, 0.15) is 10.5 Å². The summed E-state index contributed by atoms with van der Waals surface area (Å²) in [6.07, 6.45) is 1.57. The third kappa shape index (κ3) is 3.74. The highest BCUT2D eigenvalue weighted by Crippen LogP contribution is 2.24. The monoisotopic (exact) mass is 411 g/mol. The molecule has 0 radical (unpaired) electrons. The number of thiophene rings is 1. The Morgan fingerprint density at radius 3 is 2.89 bits per heavy atom. The second kappa shape index (κ2) is 8.04. The van der Waals surface area contributed by atoms with Gasteiger partial charge in [0.2, 0.25) is 5.91 Å². The zero-order chi connectivity index (χ0) is 19.5. The Hall–Kier alpha value is -2.84. The molecule has 3 aromatic heterocycles. The largest absolute Gasteiger partial charge is 0.467 e. The first-order valence-electron chi connectivity index (χ1n) is 8.61. The van der Waals surface area contributed by atoms with Crippen LogP contribution in [0.2, 0.25) is 0 Å². The standard InChI is InChI=1S/C20H17N3O3S2/c1-13-5-2-3-7-16(13)23-19(25)18-15(8-10-27-18)22-20(23)28-12-17(24)21-11-14-6-4-9-26-14/h2-10H,11-12H2,1H3,(H,21,24). The molecule has 0 saturated heterocycles. The maximum Gasteiger partial charge on any atom is 0.276 e. The minimum atomic E-state index is -0.155. The molecule has 0 atom stereocenters. The van der Waals surface area contributed by atoms with Gasteiger partial charge in [-0.1, -0.05) is 30.0 Å². The van der Waals surface area contributed by atoms with Crippen LogP contribution >= 0.6 is 23.1 Å². The summed E-state index contributed by atoms with van der Waals surface area (Å²) in [5.41, 5.74) is 2.27. The Morgan fingerprint density at radius 1 is 1.25 bits per heavy atom. The number of furan rings is 1. The third-order valence-electron chi connectivity index (χ3n) is 4.18. The fourth-order valence-electron chi connectivity index (χ4n) is 2.80. The number of fused-ring (bicyclic) bond motifs is 1. The molecule has 4 rings (SSSR count). The van der Waals surface area contributed by atoms with E-state index in [-0.39, 0.29) is 17.2 Å². The van der Waals surface area contributed by atoms with Crippen molar-refractivity contribution in [2.24, 2.45) is 0 Å². The van der Waals surface area contributed by atoms with Crippen LogP contribution in [0.5, 0.6) is 0 Å². The van der Waals surface area contributed by atoms with Crippen molar-refractivity contribution in [3.05, 3.63) is 75.8 Å².